The molecule has 0 unspecified atom stereocenters. The smallest absolute Gasteiger partial charge is 0.265 e. The molecule has 2 aliphatic rings. The molecule has 2 aromatic carbocycles. The molecule has 0 radical (unpaired) electrons. The van der Waals surface area contributed by atoms with Gasteiger partial charge in [-0.05, 0) is 37.0 Å². The first-order valence-electron chi connectivity index (χ1n) is 10.7. The largest absolute Gasteiger partial charge is 0.482 e. The van der Waals surface area contributed by atoms with Gasteiger partial charge in [-0.1, -0.05) is 35.5 Å². The minimum atomic E-state index is -3.78. The van der Waals surface area contributed by atoms with Crippen LogP contribution in [0.25, 0.3) is 0 Å². The van der Waals surface area contributed by atoms with Crippen molar-refractivity contribution in [1.29, 1.82) is 0 Å². The molecule has 9 nitrogen and oxygen atoms in total. The summed E-state index contributed by atoms with van der Waals surface area (Å²) in [6, 6.07) is 12.5. The van der Waals surface area contributed by atoms with Crippen molar-refractivity contribution in [1.82, 2.24) is 14.4 Å². The van der Waals surface area contributed by atoms with Crippen LogP contribution in [0.1, 0.15) is 41.6 Å². The van der Waals surface area contributed by atoms with E-state index < -0.39 is 10.0 Å². The van der Waals surface area contributed by atoms with Crippen LogP contribution in [0.5, 0.6) is 5.75 Å². The summed E-state index contributed by atoms with van der Waals surface area (Å²) in [6.07, 6.45) is 2.08. The van der Waals surface area contributed by atoms with Crippen LogP contribution >= 0.6 is 0 Å². The lowest BCUT2D eigenvalue weighted by Crippen LogP contribution is -2.39. The van der Waals surface area contributed by atoms with E-state index in [1.165, 1.54) is 15.3 Å². The molecule has 172 valence electrons. The molecule has 0 spiro atoms. The Morgan fingerprint density at radius 2 is 1.94 bits per heavy atom. The topological polar surface area (TPSA) is 106 Å². The summed E-state index contributed by atoms with van der Waals surface area (Å²) in [6.45, 7) is 1.89. The number of fused-ring (bicyclic) bond motifs is 1. The number of hydrogen-bond acceptors (Lipinski definition) is 7. The average molecular weight is 469 g/mol. The zero-order valence-corrected chi connectivity index (χ0v) is 19.2. The summed E-state index contributed by atoms with van der Waals surface area (Å²) in [7, 11) is -2.23. The molecular formula is C23H24N4O5S. The van der Waals surface area contributed by atoms with Crippen molar-refractivity contribution in [2.75, 3.05) is 18.6 Å². The lowest BCUT2D eigenvalue weighted by Gasteiger charge is -2.30. The molecule has 0 bridgehead atoms. The highest BCUT2D eigenvalue weighted by atomic mass is 32.2. The van der Waals surface area contributed by atoms with Gasteiger partial charge in [0.15, 0.2) is 12.4 Å². The van der Waals surface area contributed by atoms with Gasteiger partial charge in [0, 0.05) is 25.6 Å². The Kier molecular flexibility index (Phi) is 5.41. The fourth-order valence-corrected chi connectivity index (χ4v) is 5.22. The number of rotatable bonds is 7. The lowest BCUT2D eigenvalue weighted by molar-refractivity contribution is -0.121. The Balaban J connectivity index is 1.43. The molecule has 1 amide bonds. The maximum atomic E-state index is 13.3. The third kappa shape index (κ3) is 4.23. The zero-order chi connectivity index (χ0) is 23.2. The van der Waals surface area contributed by atoms with Crippen LogP contribution in [0.4, 0.5) is 5.69 Å². The van der Waals surface area contributed by atoms with E-state index in [1.54, 1.807) is 20.0 Å². The van der Waals surface area contributed by atoms with Crippen molar-refractivity contribution in [3.8, 4) is 5.75 Å². The molecule has 5 rings (SSSR count). The second-order valence-corrected chi connectivity index (χ2v) is 10.4. The number of hydrogen-bond donors (Lipinski definition) is 0. The van der Waals surface area contributed by atoms with Crippen LogP contribution in [0.15, 0.2) is 51.9 Å². The standard InChI is InChI=1S/C23H24N4O5S/c1-15-10-18-19(11-20(15)33(29,30)26(2)12-16-6-4-3-5-7-16)31-14-22(28)27(18)13-21-24-23(32-25-21)17-8-9-17/h3-7,10-11,17H,8-9,12-14H2,1-2H3. The number of ether oxygens (including phenoxy) is 1. The third-order valence-corrected chi connectivity index (χ3v) is 7.79. The van der Waals surface area contributed by atoms with Gasteiger partial charge >= 0.3 is 0 Å². The zero-order valence-electron chi connectivity index (χ0n) is 18.4. The maximum absolute atomic E-state index is 13.3. The SMILES string of the molecule is Cc1cc2c(cc1S(=O)(=O)N(C)Cc1ccccc1)OCC(=O)N2Cc1noc(C2CC2)n1. The molecule has 0 saturated heterocycles. The number of sulfonamides is 1. The summed E-state index contributed by atoms with van der Waals surface area (Å²) in [4.78, 5) is 18.7. The van der Waals surface area contributed by atoms with Gasteiger partial charge in [-0.2, -0.15) is 9.29 Å². The van der Waals surface area contributed by atoms with E-state index in [0.29, 0.717) is 34.6 Å². The van der Waals surface area contributed by atoms with Crippen molar-refractivity contribution in [3.63, 3.8) is 0 Å². The predicted molar refractivity (Wildman–Crippen MR) is 119 cm³/mol. The van der Waals surface area contributed by atoms with Crippen LogP contribution in [0.2, 0.25) is 0 Å². The third-order valence-electron chi connectivity index (χ3n) is 5.85. The maximum Gasteiger partial charge on any atom is 0.265 e. The van der Waals surface area contributed by atoms with Crippen LogP contribution in [-0.2, 0) is 27.9 Å². The van der Waals surface area contributed by atoms with E-state index in [4.69, 9.17) is 9.26 Å². The second-order valence-electron chi connectivity index (χ2n) is 8.42. The lowest BCUT2D eigenvalue weighted by atomic mass is 10.1. The van der Waals surface area contributed by atoms with Crippen molar-refractivity contribution >= 4 is 21.6 Å². The molecule has 1 saturated carbocycles. The first-order chi connectivity index (χ1) is 15.8. The molecule has 1 aromatic heterocycles. The van der Waals surface area contributed by atoms with Crippen molar-refractivity contribution in [2.24, 2.45) is 0 Å². The van der Waals surface area contributed by atoms with Crippen LogP contribution in [0.3, 0.4) is 0 Å². The van der Waals surface area contributed by atoms with Crippen molar-refractivity contribution < 1.29 is 22.5 Å². The first-order valence-corrected chi connectivity index (χ1v) is 12.2. The highest BCUT2D eigenvalue weighted by Gasteiger charge is 2.33. The van der Waals surface area contributed by atoms with Gasteiger partial charge in [0.05, 0.1) is 17.1 Å². The predicted octanol–water partition coefficient (Wildman–Crippen LogP) is 3.00. The summed E-state index contributed by atoms with van der Waals surface area (Å²) in [5, 5.41) is 4.00. The Morgan fingerprint density at radius 3 is 2.67 bits per heavy atom. The molecule has 33 heavy (non-hydrogen) atoms. The molecule has 10 heteroatoms. The van der Waals surface area contributed by atoms with Gasteiger partial charge in [0.2, 0.25) is 15.9 Å². The highest BCUT2D eigenvalue weighted by Crippen LogP contribution is 2.40. The summed E-state index contributed by atoms with van der Waals surface area (Å²) < 4.78 is 38.8. The summed E-state index contributed by atoms with van der Waals surface area (Å²) in [5.74, 6) is 1.41. The van der Waals surface area contributed by atoms with E-state index in [-0.39, 0.29) is 30.5 Å². The van der Waals surface area contributed by atoms with Gasteiger partial charge < -0.3 is 9.26 Å². The number of aryl methyl sites for hydroxylation is 1. The van der Waals surface area contributed by atoms with E-state index in [0.717, 1.165) is 18.4 Å². The number of aromatic nitrogens is 2. The molecule has 1 aliphatic carbocycles. The monoisotopic (exact) mass is 468 g/mol. The number of carbonyl (C=O) groups is 1. The minimum Gasteiger partial charge on any atom is -0.482 e. The van der Waals surface area contributed by atoms with E-state index in [1.807, 2.05) is 30.3 Å². The van der Waals surface area contributed by atoms with E-state index >= 15 is 0 Å². The Morgan fingerprint density at radius 1 is 1.18 bits per heavy atom. The molecule has 1 fully saturated rings. The summed E-state index contributed by atoms with van der Waals surface area (Å²) >= 11 is 0. The highest BCUT2D eigenvalue weighted by molar-refractivity contribution is 7.89. The first kappa shape index (κ1) is 21.6. The van der Waals surface area contributed by atoms with Crippen LogP contribution < -0.4 is 9.64 Å². The number of anilines is 1. The quantitative estimate of drug-likeness (QED) is 0.525. The van der Waals surface area contributed by atoms with Gasteiger partial charge in [0.25, 0.3) is 5.91 Å². The Bertz CT molecular complexity index is 1300. The number of carbonyl (C=O) groups excluding carboxylic acids is 1. The molecule has 0 atom stereocenters. The van der Waals surface area contributed by atoms with E-state index in [9.17, 15) is 13.2 Å². The van der Waals surface area contributed by atoms with Crippen LogP contribution in [-0.4, -0.2) is 42.4 Å². The molecule has 2 heterocycles. The summed E-state index contributed by atoms with van der Waals surface area (Å²) in [5.41, 5.74) is 1.90. The van der Waals surface area contributed by atoms with Crippen LogP contribution in [0, 0.1) is 6.92 Å². The molecule has 0 N–H and O–H groups in total. The minimum absolute atomic E-state index is 0.130. The van der Waals surface area contributed by atoms with Crippen molar-refractivity contribution in [3.05, 3.63) is 65.3 Å². The fraction of sp³-hybridized carbons (Fsp3) is 0.348. The molecule has 1 aliphatic heterocycles. The van der Waals surface area contributed by atoms with Gasteiger partial charge in [-0.3, -0.25) is 9.69 Å². The molecule has 3 aromatic rings. The average Bonchev–Trinajstić information content (AvgIpc) is 3.54. The number of amides is 1. The number of benzene rings is 2. The Hall–Kier alpha value is -3.24. The second kappa shape index (κ2) is 8.27. The fourth-order valence-electron chi connectivity index (χ4n) is 3.85. The van der Waals surface area contributed by atoms with Gasteiger partial charge in [-0.15, -0.1) is 0 Å². The van der Waals surface area contributed by atoms with E-state index in [2.05, 4.69) is 10.1 Å². The molecular weight excluding hydrogens is 444 g/mol. The number of nitrogens with zero attached hydrogens (tertiary/aromatic N) is 4. The van der Waals surface area contributed by atoms with Gasteiger partial charge in [-0.25, -0.2) is 8.42 Å². The van der Waals surface area contributed by atoms with Gasteiger partial charge in [0.1, 0.15) is 5.75 Å². The Labute approximate surface area is 192 Å². The normalized spacial score (nSPS) is 16.1. The van der Waals surface area contributed by atoms with Crippen molar-refractivity contribution in [2.45, 2.75) is 43.7 Å².